The van der Waals surface area contributed by atoms with Gasteiger partial charge in [0, 0.05) is 32.1 Å². The topological polar surface area (TPSA) is 49.4 Å². The van der Waals surface area contributed by atoms with Gasteiger partial charge >= 0.3 is 0 Å². The highest BCUT2D eigenvalue weighted by atomic mass is 16.2. The molecule has 0 aromatic heterocycles. The molecule has 1 aromatic carbocycles. The maximum atomic E-state index is 11.9. The van der Waals surface area contributed by atoms with Gasteiger partial charge in [-0.15, -0.1) is 0 Å². The first-order valence-corrected chi connectivity index (χ1v) is 7.35. The van der Waals surface area contributed by atoms with Crippen LogP contribution in [-0.2, 0) is 9.59 Å². The lowest BCUT2D eigenvalue weighted by Crippen LogP contribution is -2.45. The molecule has 4 heteroatoms. The summed E-state index contributed by atoms with van der Waals surface area (Å²) in [6.45, 7) is 5.06. The summed E-state index contributed by atoms with van der Waals surface area (Å²) >= 11 is 0. The molecule has 0 aliphatic carbocycles. The van der Waals surface area contributed by atoms with Gasteiger partial charge in [0.05, 0.1) is 0 Å². The predicted octanol–water partition coefficient (Wildman–Crippen LogP) is 2.14. The van der Waals surface area contributed by atoms with E-state index in [9.17, 15) is 9.59 Å². The van der Waals surface area contributed by atoms with Crippen LogP contribution >= 0.6 is 0 Å². The Hall–Kier alpha value is -2.10. The van der Waals surface area contributed by atoms with Gasteiger partial charge in [-0.1, -0.05) is 29.8 Å². The number of hydrogen-bond donors (Lipinski definition) is 1. The van der Waals surface area contributed by atoms with Gasteiger partial charge in [0.25, 0.3) is 0 Å². The fourth-order valence-electron chi connectivity index (χ4n) is 2.53. The lowest BCUT2D eigenvalue weighted by atomic mass is 10.0. The molecule has 4 nitrogen and oxygen atoms in total. The number of amides is 2. The quantitative estimate of drug-likeness (QED) is 0.865. The zero-order valence-electron chi connectivity index (χ0n) is 12.6. The van der Waals surface area contributed by atoms with Crippen LogP contribution < -0.4 is 5.32 Å². The molecular formula is C17H22N2O2. The van der Waals surface area contributed by atoms with Crippen LogP contribution in [0.15, 0.2) is 30.3 Å². The predicted molar refractivity (Wildman–Crippen MR) is 83.6 cm³/mol. The first kappa shape index (κ1) is 15.3. The molecule has 21 heavy (non-hydrogen) atoms. The van der Waals surface area contributed by atoms with E-state index in [-0.39, 0.29) is 17.9 Å². The van der Waals surface area contributed by atoms with Gasteiger partial charge in [-0.25, -0.2) is 0 Å². The zero-order valence-corrected chi connectivity index (χ0v) is 12.6. The zero-order chi connectivity index (χ0) is 15.2. The standard InChI is InChI=1S/C17H22N2O2/c1-13-4-3-5-15(12-13)6-7-17(21)18-16-8-10-19(11-9-16)14(2)20/h3-7,12,16H,8-11H2,1-2H3,(H,18,21). The van der Waals surface area contributed by atoms with Gasteiger partial charge in [0.1, 0.15) is 0 Å². The normalized spacial score (nSPS) is 16.2. The molecule has 1 saturated heterocycles. The van der Waals surface area contributed by atoms with Crippen LogP contribution in [0.3, 0.4) is 0 Å². The monoisotopic (exact) mass is 286 g/mol. The second kappa shape index (κ2) is 7.07. The Morgan fingerprint density at radius 2 is 2.00 bits per heavy atom. The number of hydrogen-bond acceptors (Lipinski definition) is 2. The van der Waals surface area contributed by atoms with Gasteiger partial charge in [0.2, 0.25) is 11.8 Å². The van der Waals surface area contributed by atoms with Crippen LogP contribution in [0, 0.1) is 6.92 Å². The molecule has 0 saturated carbocycles. The van der Waals surface area contributed by atoms with Crippen LogP contribution in [0.4, 0.5) is 0 Å². The maximum absolute atomic E-state index is 11.9. The summed E-state index contributed by atoms with van der Waals surface area (Å²) in [5.41, 5.74) is 2.20. The fourth-order valence-corrected chi connectivity index (χ4v) is 2.53. The second-order valence-electron chi connectivity index (χ2n) is 5.54. The number of carbonyl (C=O) groups is 2. The summed E-state index contributed by atoms with van der Waals surface area (Å²) < 4.78 is 0. The van der Waals surface area contributed by atoms with Gasteiger partial charge < -0.3 is 10.2 Å². The number of piperidine rings is 1. The molecule has 1 heterocycles. The largest absolute Gasteiger partial charge is 0.350 e. The number of likely N-dealkylation sites (tertiary alicyclic amines) is 1. The van der Waals surface area contributed by atoms with E-state index < -0.39 is 0 Å². The highest BCUT2D eigenvalue weighted by molar-refractivity contribution is 5.91. The SMILES string of the molecule is CC(=O)N1CCC(NC(=O)C=Cc2cccc(C)c2)CC1. The molecule has 0 radical (unpaired) electrons. The Balaban J connectivity index is 1.81. The van der Waals surface area contributed by atoms with Gasteiger partial charge in [-0.05, 0) is 31.4 Å². The van der Waals surface area contributed by atoms with Crippen molar-refractivity contribution in [3.05, 3.63) is 41.5 Å². The molecule has 0 unspecified atom stereocenters. The third-order valence-electron chi connectivity index (χ3n) is 3.76. The molecule has 2 amide bonds. The molecule has 1 fully saturated rings. The van der Waals surface area contributed by atoms with Crippen molar-refractivity contribution < 1.29 is 9.59 Å². The summed E-state index contributed by atoms with van der Waals surface area (Å²) in [4.78, 5) is 25.0. The highest BCUT2D eigenvalue weighted by Gasteiger charge is 2.21. The van der Waals surface area contributed by atoms with E-state index in [2.05, 4.69) is 5.32 Å². The maximum Gasteiger partial charge on any atom is 0.244 e. The Morgan fingerprint density at radius 3 is 2.62 bits per heavy atom. The minimum Gasteiger partial charge on any atom is -0.350 e. The van der Waals surface area contributed by atoms with Crippen molar-refractivity contribution in [1.29, 1.82) is 0 Å². The van der Waals surface area contributed by atoms with Crippen molar-refractivity contribution in [3.63, 3.8) is 0 Å². The van der Waals surface area contributed by atoms with Gasteiger partial charge in [0.15, 0.2) is 0 Å². The average molecular weight is 286 g/mol. The number of rotatable bonds is 3. The average Bonchev–Trinajstić information content (AvgIpc) is 2.46. The number of benzene rings is 1. The lowest BCUT2D eigenvalue weighted by Gasteiger charge is -2.31. The number of carbonyl (C=O) groups excluding carboxylic acids is 2. The van der Waals surface area contributed by atoms with Gasteiger partial charge in [-0.2, -0.15) is 0 Å². The molecule has 2 rings (SSSR count). The van der Waals surface area contributed by atoms with Crippen molar-refractivity contribution in [2.45, 2.75) is 32.7 Å². The van der Waals surface area contributed by atoms with Crippen molar-refractivity contribution in [2.75, 3.05) is 13.1 Å². The van der Waals surface area contributed by atoms with E-state index in [0.29, 0.717) is 0 Å². The third kappa shape index (κ3) is 4.74. The molecule has 1 N–H and O–H groups in total. The molecular weight excluding hydrogens is 264 g/mol. The van der Waals surface area contributed by atoms with Crippen LogP contribution in [-0.4, -0.2) is 35.8 Å². The van der Waals surface area contributed by atoms with Crippen molar-refractivity contribution in [1.82, 2.24) is 10.2 Å². The lowest BCUT2D eigenvalue weighted by molar-refractivity contribution is -0.129. The third-order valence-corrected chi connectivity index (χ3v) is 3.76. The van der Waals surface area contributed by atoms with Crippen LogP contribution in [0.2, 0.25) is 0 Å². The molecule has 0 atom stereocenters. The molecule has 112 valence electrons. The Bertz CT molecular complexity index is 543. The van der Waals surface area contributed by atoms with Crippen molar-refractivity contribution >= 4 is 17.9 Å². The van der Waals surface area contributed by atoms with E-state index in [1.54, 1.807) is 13.0 Å². The van der Waals surface area contributed by atoms with Gasteiger partial charge in [-0.3, -0.25) is 9.59 Å². The molecule has 0 bridgehead atoms. The smallest absolute Gasteiger partial charge is 0.244 e. The molecule has 1 aliphatic heterocycles. The van der Waals surface area contributed by atoms with E-state index in [1.165, 1.54) is 5.56 Å². The molecule has 1 aromatic rings. The summed E-state index contributed by atoms with van der Waals surface area (Å²) in [6, 6.07) is 8.18. The molecule has 0 spiro atoms. The fraction of sp³-hybridized carbons (Fsp3) is 0.412. The van der Waals surface area contributed by atoms with Crippen LogP contribution in [0.5, 0.6) is 0 Å². The van der Waals surface area contributed by atoms with Crippen LogP contribution in [0.1, 0.15) is 30.9 Å². The Labute approximate surface area is 125 Å². The Morgan fingerprint density at radius 1 is 1.29 bits per heavy atom. The molecule has 1 aliphatic rings. The van der Waals surface area contributed by atoms with Crippen molar-refractivity contribution in [2.24, 2.45) is 0 Å². The number of aryl methyl sites for hydroxylation is 1. The van der Waals surface area contributed by atoms with E-state index in [0.717, 1.165) is 31.5 Å². The van der Waals surface area contributed by atoms with Crippen LogP contribution in [0.25, 0.3) is 6.08 Å². The summed E-state index contributed by atoms with van der Waals surface area (Å²) in [5.74, 6) is 0.0388. The summed E-state index contributed by atoms with van der Waals surface area (Å²) in [6.07, 6.45) is 5.05. The van der Waals surface area contributed by atoms with E-state index in [1.807, 2.05) is 42.2 Å². The summed E-state index contributed by atoms with van der Waals surface area (Å²) in [7, 11) is 0. The van der Waals surface area contributed by atoms with E-state index >= 15 is 0 Å². The number of nitrogens with zero attached hydrogens (tertiary/aromatic N) is 1. The minimum absolute atomic E-state index is 0.0715. The highest BCUT2D eigenvalue weighted by Crippen LogP contribution is 2.10. The first-order valence-electron chi connectivity index (χ1n) is 7.35. The van der Waals surface area contributed by atoms with E-state index in [4.69, 9.17) is 0 Å². The second-order valence-corrected chi connectivity index (χ2v) is 5.54. The Kier molecular flexibility index (Phi) is 5.14. The first-order chi connectivity index (χ1) is 10.0. The number of nitrogens with one attached hydrogen (secondary N) is 1. The van der Waals surface area contributed by atoms with Crippen molar-refractivity contribution in [3.8, 4) is 0 Å². The minimum atomic E-state index is -0.0715. The summed E-state index contributed by atoms with van der Waals surface area (Å²) in [5, 5.41) is 3.00.